The van der Waals surface area contributed by atoms with Crippen LogP contribution >= 0.6 is 0 Å². The molecule has 1 saturated carbocycles. The quantitative estimate of drug-likeness (QED) is 0.632. The second-order valence-corrected chi connectivity index (χ2v) is 4.09. The van der Waals surface area contributed by atoms with E-state index in [4.69, 9.17) is 9.84 Å². The highest BCUT2D eigenvalue weighted by Gasteiger charge is 2.27. The summed E-state index contributed by atoms with van der Waals surface area (Å²) in [5.41, 5.74) is 0. The molecular formula is C10H18F3NO2. The average Bonchev–Trinajstić information content (AvgIpc) is 2.97. The maximum Gasteiger partial charge on any atom is 0.391 e. The number of halogens is 3. The van der Waals surface area contributed by atoms with Gasteiger partial charge in [-0.3, -0.25) is 0 Å². The lowest BCUT2D eigenvalue weighted by molar-refractivity contribution is -0.145. The number of hydrogen-bond donors (Lipinski definition) is 2. The van der Waals surface area contributed by atoms with Crippen molar-refractivity contribution < 1.29 is 23.0 Å². The van der Waals surface area contributed by atoms with Gasteiger partial charge in [-0.1, -0.05) is 0 Å². The lowest BCUT2D eigenvalue weighted by Crippen LogP contribution is -2.35. The topological polar surface area (TPSA) is 41.5 Å². The molecule has 1 rings (SSSR count). The number of nitrogens with one attached hydrogen (secondary N) is 1. The third kappa shape index (κ3) is 7.03. The van der Waals surface area contributed by atoms with E-state index in [1.54, 1.807) is 0 Å². The van der Waals surface area contributed by atoms with Crippen LogP contribution in [-0.4, -0.2) is 43.2 Å². The van der Waals surface area contributed by atoms with Crippen LogP contribution in [0.25, 0.3) is 0 Å². The Morgan fingerprint density at radius 3 is 2.50 bits per heavy atom. The lowest BCUT2D eigenvalue weighted by Gasteiger charge is -2.15. The van der Waals surface area contributed by atoms with Gasteiger partial charge in [-0.05, 0) is 19.3 Å². The van der Waals surface area contributed by atoms with E-state index in [1.807, 2.05) is 0 Å². The van der Waals surface area contributed by atoms with Gasteiger partial charge in [0.1, 0.15) is 0 Å². The van der Waals surface area contributed by atoms with E-state index >= 15 is 0 Å². The SMILES string of the molecule is OCC(CCOCCC(F)(F)F)NC1CC1. The van der Waals surface area contributed by atoms with Crippen molar-refractivity contribution in [1.29, 1.82) is 0 Å². The summed E-state index contributed by atoms with van der Waals surface area (Å²) in [4.78, 5) is 0. The largest absolute Gasteiger partial charge is 0.395 e. The second kappa shape index (κ2) is 6.42. The Balaban J connectivity index is 1.95. The number of aliphatic hydroxyl groups excluding tert-OH is 1. The van der Waals surface area contributed by atoms with Gasteiger partial charge in [0.25, 0.3) is 0 Å². The zero-order valence-electron chi connectivity index (χ0n) is 9.09. The number of aliphatic hydroxyl groups is 1. The molecule has 0 saturated heterocycles. The number of rotatable bonds is 8. The van der Waals surface area contributed by atoms with E-state index in [0.717, 1.165) is 12.8 Å². The number of hydrogen-bond acceptors (Lipinski definition) is 3. The molecule has 6 heteroatoms. The molecule has 16 heavy (non-hydrogen) atoms. The van der Waals surface area contributed by atoms with Gasteiger partial charge >= 0.3 is 6.18 Å². The summed E-state index contributed by atoms with van der Waals surface area (Å²) in [6, 6.07) is 0.422. The first-order valence-electron chi connectivity index (χ1n) is 5.52. The maximum atomic E-state index is 11.8. The summed E-state index contributed by atoms with van der Waals surface area (Å²) in [7, 11) is 0. The molecule has 96 valence electrons. The molecule has 2 N–H and O–H groups in total. The molecule has 0 heterocycles. The van der Waals surface area contributed by atoms with E-state index in [9.17, 15) is 13.2 Å². The molecule has 0 aromatic carbocycles. The summed E-state index contributed by atoms with van der Waals surface area (Å²) in [5.74, 6) is 0. The summed E-state index contributed by atoms with van der Waals surface area (Å²) < 4.78 is 40.1. The Morgan fingerprint density at radius 2 is 2.00 bits per heavy atom. The second-order valence-electron chi connectivity index (χ2n) is 4.09. The molecule has 0 aromatic heterocycles. The zero-order valence-corrected chi connectivity index (χ0v) is 9.09. The number of alkyl halides is 3. The van der Waals surface area contributed by atoms with Gasteiger partial charge in [-0.25, -0.2) is 0 Å². The van der Waals surface area contributed by atoms with Crippen LogP contribution in [0.1, 0.15) is 25.7 Å². The van der Waals surface area contributed by atoms with Gasteiger partial charge in [-0.2, -0.15) is 13.2 Å². The molecular weight excluding hydrogens is 223 g/mol. The average molecular weight is 241 g/mol. The smallest absolute Gasteiger partial charge is 0.391 e. The van der Waals surface area contributed by atoms with Crippen LogP contribution in [-0.2, 0) is 4.74 Å². The summed E-state index contributed by atoms with van der Waals surface area (Å²) >= 11 is 0. The van der Waals surface area contributed by atoms with Gasteiger partial charge in [0.05, 0.1) is 19.6 Å². The van der Waals surface area contributed by atoms with Gasteiger partial charge in [0.15, 0.2) is 0 Å². The lowest BCUT2D eigenvalue weighted by atomic mass is 10.2. The molecule has 0 spiro atoms. The van der Waals surface area contributed by atoms with Crippen molar-refractivity contribution in [1.82, 2.24) is 5.32 Å². The molecule has 1 aliphatic carbocycles. The fourth-order valence-corrected chi connectivity index (χ4v) is 1.33. The van der Waals surface area contributed by atoms with Crippen molar-refractivity contribution in [3.8, 4) is 0 Å². The van der Waals surface area contributed by atoms with Crippen LogP contribution in [0.5, 0.6) is 0 Å². The number of ether oxygens (including phenoxy) is 1. The Labute approximate surface area is 93.0 Å². The Kier molecular flexibility index (Phi) is 5.51. The van der Waals surface area contributed by atoms with Gasteiger partial charge in [-0.15, -0.1) is 0 Å². The van der Waals surface area contributed by atoms with Crippen LogP contribution in [0.4, 0.5) is 13.2 Å². The van der Waals surface area contributed by atoms with Crippen LogP contribution in [0.3, 0.4) is 0 Å². The van der Waals surface area contributed by atoms with Gasteiger partial charge < -0.3 is 15.2 Å². The highest BCUT2D eigenvalue weighted by atomic mass is 19.4. The molecule has 1 aliphatic rings. The van der Waals surface area contributed by atoms with Crippen molar-refractivity contribution in [2.24, 2.45) is 0 Å². The van der Waals surface area contributed by atoms with Crippen molar-refractivity contribution in [2.75, 3.05) is 19.8 Å². The molecule has 0 aromatic rings. The van der Waals surface area contributed by atoms with Crippen molar-refractivity contribution >= 4 is 0 Å². The van der Waals surface area contributed by atoms with Crippen molar-refractivity contribution in [3.05, 3.63) is 0 Å². The maximum absolute atomic E-state index is 11.8. The van der Waals surface area contributed by atoms with Crippen molar-refractivity contribution in [2.45, 2.75) is 43.9 Å². The third-order valence-corrected chi connectivity index (χ3v) is 2.41. The minimum atomic E-state index is -4.15. The fraction of sp³-hybridized carbons (Fsp3) is 1.00. The normalized spacial score (nSPS) is 18.8. The predicted molar refractivity (Wildman–Crippen MR) is 53.1 cm³/mol. The van der Waals surface area contributed by atoms with Crippen LogP contribution < -0.4 is 5.32 Å². The Hall–Kier alpha value is -0.330. The third-order valence-electron chi connectivity index (χ3n) is 2.41. The van der Waals surface area contributed by atoms with E-state index in [2.05, 4.69) is 5.32 Å². The standard InChI is InChI=1S/C10H18F3NO2/c11-10(12,13)4-6-16-5-3-9(7-15)14-8-1-2-8/h8-9,14-15H,1-7H2. The fourth-order valence-electron chi connectivity index (χ4n) is 1.33. The molecule has 3 nitrogen and oxygen atoms in total. The minimum absolute atomic E-state index is 0.000862. The van der Waals surface area contributed by atoms with Crippen LogP contribution in [0.15, 0.2) is 0 Å². The Morgan fingerprint density at radius 1 is 1.31 bits per heavy atom. The van der Waals surface area contributed by atoms with E-state index in [-0.39, 0.29) is 25.9 Å². The summed E-state index contributed by atoms with van der Waals surface area (Å²) in [5, 5.41) is 12.2. The monoisotopic (exact) mass is 241 g/mol. The first-order valence-corrected chi connectivity index (χ1v) is 5.52. The highest BCUT2D eigenvalue weighted by Crippen LogP contribution is 2.20. The van der Waals surface area contributed by atoms with E-state index in [0.29, 0.717) is 12.5 Å². The minimum Gasteiger partial charge on any atom is -0.395 e. The van der Waals surface area contributed by atoms with Crippen molar-refractivity contribution in [3.63, 3.8) is 0 Å². The molecule has 1 unspecified atom stereocenters. The zero-order chi connectivity index (χ0) is 12.0. The molecule has 0 radical (unpaired) electrons. The van der Waals surface area contributed by atoms with Crippen LogP contribution in [0.2, 0.25) is 0 Å². The van der Waals surface area contributed by atoms with Crippen LogP contribution in [0, 0.1) is 0 Å². The molecule has 1 atom stereocenters. The first-order chi connectivity index (χ1) is 7.51. The molecule has 0 aliphatic heterocycles. The van der Waals surface area contributed by atoms with E-state index in [1.165, 1.54) is 0 Å². The molecule has 0 amide bonds. The predicted octanol–water partition coefficient (Wildman–Crippen LogP) is 1.46. The molecule has 0 bridgehead atoms. The van der Waals surface area contributed by atoms with E-state index < -0.39 is 12.6 Å². The highest BCUT2D eigenvalue weighted by molar-refractivity contribution is 4.84. The van der Waals surface area contributed by atoms with Gasteiger partial charge in [0.2, 0.25) is 0 Å². The summed E-state index contributed by atoms with van der Waals surface area (Å²) in [6.45, 7) is -0.0504. The Bertz CT molecular complexity index is 195. The van der Waals surface area contributed by atoms with Gasteiger partial charge in [0, 0.05) is 18.7 Å². The molecule has 1 fully saturated rings. The first kappa shape index (κ1) is 13.7. The summed E-state index contributed by atoms with van der Waals surface area (Å²) in [6.07, 6.45) is -2.28.